The molecule has 0 spiro atoms. The maximum Gasteiger partial charge on any atom is 0.185 e. The van der Waals surface area contributed by atoms with Crippen LogP contribution in [0.25, 0.3) is 11.3 Å². The van der Waals surface area contributed by atoms with Gasteiger partial charge >= 0.3 is 0 Å². The zero-order valence-corrected chi connectivity index (χ0v) is 14.3. The van der Waals surface area contributed by atoms with Crippen molar-refractivity contribution in [1.29, 1.82) is 0 Å². The molecule has 1 aromatic carbocycles. The van der Waals surface area contributed by atoms with E-state index in [9.17, 15) is 5.11 Å². The van der Waals surface area contributed by atoms with E-state index in [0.29, 0.717) is 29.4 Å². The number of hydrogen-bond donors (Lipinski definition) is 2. The molecule has 2 aromatic rings. The predicted molar refractivity (Wildman–Crippen MR) is 93.0 cm³/mol. The Morgan fingerprint density at radius 3 is 2.73 bits per heavy atom. The molecule has 2 heterocycles. The second-order valence-corrected chi connectivity index (χ2v) is 7.15. The van der Waals surface area contributed by atoms with Crippen molar-refractivity contribution < 1.29 is 5.11 Å². The third-order valence-corrected chi connectivity index (χ3v) is 5.78. The summed E-state index contributed by atoms with van der Waals surface area (Å²) in [5.74, 6) is 0. The Kier molecular flexibility index (Phi) is 4.61. The summed E-state index contributed by atoms with van der Waals surface area (Å²) in [7, 11) is 0. The first-order valence-corrected chi connectivity index (χ1v) is 8.73. The quantitative estimate of drug-likeness (QED) is 0.883. The Morgan fingerprint density at radius 1 is 1.32 bits per heavy atom. The minimum Gasteiger partial charge on any atom is -0.388 e. The van der Waals surface area contributed by atoms with Gasteiger partial charge in [0.15, 0.2) is 5.13 Å². The van der Waals surface area contributed by atoms with Gasteiger partial charge in [-0.25, -0.2) is 4.98 Å². The Morgan fingerprint density at radius 2 is 2.05 bits per heavy atom. The molecule has 1 aliphatic rings. The molecule has 22 heavy (non-hydrogen) atoms. The van der Waals surface area contributed by atoms with Crippen molar-refractivity contribution in [2.45, 2.75) is 18.4 Å². The summed E-state index contributed by atoms with van der Waals surface area (Å²) < 4.78 is 0. The van der Waals surface area contributed by atoms with Crippen molar-refractivity contribution in [2.24, 2.45) is 5.73 Å². The first kappa shape index (κ1) is 16.0. The Bertz CT molecular complexity index is 669. The first-order chi connectivity index (χ1) is 10.5. The van der Waals surface area contributed by atoms with Gasteiger partial charge in [0.25, 0.3) is 0 Å². The Hall–Kier alpha value is -0.850. The molecule has 0 atom stereocenters. The van der Waals surface area contributed by atoms with Crippen molar-refractivity contribution in [3.8, 4) is 11.3 Å². The average Bonchev–Trinajstić information content (AvgIpc) is 3.00. The molecule has 3 rings (SSSR count). The van der Waals surface area contributed by atoms with Crippen LogP contribution in [-0.4, -0.2) is 35.3 Å². The van der Waals surface area contributed by atoms with Gasteiger partial charge in [0.2, 0.25) is 0 Å². The van der Waals surface area contributed by atoms with Gasteiger partial charge in [0.1, 0.15) is 0 Å². The van der Waals surface area contributed by atoms with E-state index in [1.165, 1.54) is 0 Å². The van der Waals surface area contributed by atoms with E-state index in [2.05, 4.69) is 9.88 Å². The molecule has 3 N–H and O–H groups in total. The smallest absolute Gasteiger partial charge is 0.185 e. The summed E-state index contributed by atoms with van der Waals surface area (Å²) in [6.07, 6.45) is 1.33. The average molecular weight is 358 g/mol. The van der Waals surface area contributed by atoms with Crippen LogP contribution in [-0.2, 0) is 0 Å². The van der Waals surface area contributed by atoms with Crippen LogP contribution >= 0.6 is 34.5 Å². The molecule has 0 aliphatic carbocycles. The number of aliphatic hydroxyl groups is 1. The number of anilines is 1. The van der Waals surface area contributed by atoms with Crippen molar-refractivity contribution in [3.63, 3.8) is 0 Å². The summed E-state index contributed by atoms with van der Waals surface area (Å²) in [5.41, 5.74) is 6.56. The van der Waals surface area contributed by atoms with Crippen molar-refractivity contribution >= 4 is 39.7 Å². The minimum atomic E-state index is -0.729. The number of halogens is 2. The minimum absolute atomic E-state index is 0.308. The van der Waals surface area contributed by atoms with Gasteiger partial charge in [-0.2, -0.15) is 0 Å². The van der Waals surface area contributed by atoms with Crippen LogP contribution in [0.3, 0.4) is 0 Å². The normalized spacial score (nSPS) is 17.7. The van der Waals surface area contributed by atoms with Crippen LogP contribution in [0, 0.1) is 0 Å². The second-order valence-electron chi connectivity index (χ2n) is 5.53. The third-order valence-electron chi connectivity index (χ3n) is 4.06. The molecule has 0 radical (unpaired) electrons. The second kappa shape index (κ2) is 6.34. The first-order valence-electron chi connectivity index (χ1n) is 7.10. The van der Waals surface area contributed by atoms with Crippen LogP contribution in [0.4, 0.5) is 5.13 Å². The highest BCUT2D eigenvalue weighted by molar-refractivity contribution is 7.14. The van der Waals surface area contributed by atoms with Crippen molar-refractivity contribution in [2.75, 3.05) is 24.5 Å². The molecule has 118 valence electrons. The molecule has 0 amide bonds. The number of thiazole rings is 1. The Labute approximate surface area is 143 Å². The van der Waals surface area contributed by atoms with Gasteiger partial charge in [-0.3, -0.25) is 0 Å². The van der Waals surface area contributed by atoms with E-state index in [0.717, 1.165) is 29.5 Å². The van der Waals surface area contributed by atoms with Gasteiger partial charge < -0.3 is 15.7 Å². The fourth-order valence-electron chi connectivity index (χ4n) is 2.55. The van der Waals surface area contributed by atoms with Crippen LogP contribution in [0.1, 0.15) is 12.8 Å². The highest BCUT2D eigenvalue weighted by atomic mass is 35.5. The van der Waals surface area contributed by atoms with Crippen LogP contribution < -0.4 is 10.6 Å². The Balaban J connectivity index is 1.79. The monoisotopic (exact) mass is 357 g/mol. The molecular formula is C15H17Cl2N3OS. The number of piperidine rings is 1. The number of aromatic nitrogens is 1. The van der Waals surface area contributed by atoms with Crippen LogP contribution in [0.15, 0.2) is 23.6 Å². The summed E-state index contributed by atoms with van der Waals surface area (Å²) in [5, 5.41) is 14.2. The number of rotatable bonds is 3. The van der Waals surface area contributed by atoms with Gasteiger partial charge in [0, 0.05) is 30.6 Å². The number of nitrogens with two attached hydrogens (primary N) is 1. The van der Waals surface area contributed by atoms with Gasteiger partial charge in [-0.05, 0) is 18.9 Å². The lowest BCUT2D eigenvalue weighted by Crippen LogP contribution is -2.48. The zero-order chi connectivity index (χ0) is 15.7. The molecule has 4 nitrogen and oxygen atoms in total. The van der Waals surface area contributed by atoms with E-state index in [1.54, 1.807) is 17.4 Å². The number of nitrogens with zero attached hydrogens (tertiary/aromatic N) is 2. The highest BCUT2D eigenvalue weighted by Crippen LogP contribution is 2.36. The fourth-order valence-corrected chi connectivity index (χ4v) is 3.83. The van der Waals surface area contributed by atoms with Crippen molar-refractivity contribution in [3.05, 3.63) is 33.6 Å². The fraction of sp³-hybridized carbons (Fsp3) is 0.400. The van der Waals surface area contributed by atoms with Gasteiger partial charge in [0.05, 0.1) is 21.3 Å². The molecule has 0 saturated carbocycles. The van der Waals surface area contributed by atoms with Gasteiger partial charge in [-0.15, -0.1) is 11.3 Å². The molecule has 1 fully saturated rings. The van der Waals surface area contributed by atoms with Crippen LogP contribution in [0.2, 0.25) is 10.0 Å². The summed E-state index contributed by atoms with van der Waals surface area (Å²) in [6, 6.07) is 5.54. The zero-order valence-electron chi connectivity index (χ0n) is 11.9. The van der Waals surface area contributed by atoms with E-state index in [-0.39, 0.29) is 0 Å². The van der Waals surface area contributed by atoms with Crippen molar-refractivity contribution in [1.82, 2.24) is 4.98 Å². The molecule has 1 saturated heterocycles. The largest absolute Gasteiger partial charge is 0.388 e. The lowest BCUT2D eigenvalue weighted by molar-refractivity contribution is 0.0250. The van der Waals surface area contributed by atoms with E-state index >= 15 is 0 Å². The predicted octanol–water partition coefficient (Wildman–Crippen LogP) is 3.41. The molecular weight excluding hydrogens is 341 g/mol. The summed E-state index contributed by atoms with van der Waals surface area (Å²) in [4.78, 5) is 6.85. The lowest BCUT2D eigenvalue weighted by Gasteiger charge is -2.37. The van der Waals surface area contributed by atoms with E-state index in [4.69, 9.17) is 28.9 Å². The third kappa shape index (κ3) is 3.09. The lowest BCUT2D eigenvalue weighted by atomic mass is 9.92. The molecule has 1 aromatic heterocycles. The summed E-state index contributed by atoms with van der Waals surface area (Å²) >= 11 is 13.9. The molecule has 0 bridgehead atoms. The van der Waals surface area contributed by atoms with Gasteiger partial charge in [-0.1, -0.05) is 35.3 Å². The highest BCUT2D eigenvalue weighted by Gasteiger charge is 2.31. The maximum atomic E-state index is 10.2. The van der Waals surface area contributed by atoms with E-state index < -0.39 is 5.60 Å². The van der Waals surface area contributed by atoms with E-state index in [1.807, 2.05) is 17.5 Å². The standard InChI is InChI=1S/C15H17Cl2N3OS/c16-11-3-1-2-10(13(11)17)12-8-22-14(19-12)20-6-4-15(21,9-18)5-7-20/h1-3,8,21H,4-7,9,18H2. The molecule has 7 heteroatoms. The topological polar surface area (TPSA) is 62.4 Å². The maximum absolute atomic E-state index is 10.2. The number of hydrogen-bond acceptors (Lipinski definition) is 5. The van der Waals surface area contributed by atoms with Crippen LogP contribution in [0.5, 0.6) is 0 Å². The SMILES string of the molecule is NCC1(O)CCN(c2nc(-c3cccc(Cl)c3Cl)cs2)CC1. The molecule has 1 aliphatic heterocycles. The number of benzene rings is 1. The molecule has 0 unspecified atom stereocenters. The summed E-state index contributed by atoms with van der Waals surface area (Å²) in [6.45, 7) is 1.82.